The molecule has 1 rings (SSSR count). The number of carboxylic acid groups (broad SMARTS) is 1. The van der Waals surface area contributed by atoms with Crippen molar-refractivity contribution in [3.63, 3.8) is 0 Å². The van der Waals surface area contributed by atoms with Crippen molar-refractivity contribution in [3.8, 4) is 0 Å². The molecule has 4 amide bonds. The van der Waals surface area contributed by atoms with E-state index in [1.54, 1.807) is 4.90 Å². The first kappa shape index (κ1) is 16.7. The number of urea groups is 1. The van der Waals surface area contributed by atoms with Crippen LogP contribution in [0.4, 0.5) is 4.79 Å². The number of hydrogen-bond donors (Lipinski definition) is 4. The van der Waals surface area contributed by atoms with Crippen molar-refractivity contribution in [2.24, 2.45) is 5.73 Å². The number of aliphatic carboxylic acids is 1. The van der Waals surface area contributed by atoms with Crippen LogP contribution in [-0.2, 0) is 14.4 Å². The Morgan fingerprint density at radius 3 is 2.33 bits per heavy atom. The highest BCUT2D eigenvalue weighted by atomic mass is 16.4. The molecule has 0 spiro atoms. The molecule has 0 aromatic carbocycles. The summed E-state index contributed by atoms with van der Waals surface area (Å²) >= 11 is 0. The molecule has 9 nitrogen and oxygen atoms in total. The summed E-state index contributed by atoms with van der Waals surface area (Å²) in [6.07, 6.45) is 1.65. The highest BCUT2D eigenvalue weighted by molar-refractivity contribution is 5.87. The topological polar surface area (TPSA) is 142 Å². The van der Waals surface area contributed by atoms with Crippen molar-refractivity contribution in [1.82, 2.24) is 15.5 Å². The van der Waals surface area contributed by atoms with Gasteiger partial charge in [-0.3, -0.25) is 9.59 Å². The van der Waals surface area contributed by atoms with Gasteiger partial charge in [-0.25, -0.2) is 9.59 Å². The number of carbonyl (C=O) groups is 4. The van der Waals surface area contributed by atoms with Crippen LogP contribution < -0.4 is 16.4 Å². The predicted molar refractivity (Wildman–Crippen MR) is 72.2 cm³/mol. The van der Waals surface area contributed by atoms with Crippen LogP contribution in [0.2, 0.25) is 0 Å². The maximum Gasteiger partial charge on any atom is 0.326 e. The number of likely N-dealkylation sites (tertiary alicyclic amines) is 1. The molecule has 1 atom stereocenters. The Morgan fingerprint density at radius 2 is 1.81 bits per heavy atom. The summed E-state index contributed by atoms with van der Waals surface area (Å²) in [5.74, 6) is -2.11. The minimum atomic E-state index is -1.27. The molecule has 1 aliphatic heterocycles. The first-order chi connectivity index (χ1) is 9.90. The summed E-state index contributed by atoms with van der Waals surface area (Å²) in [5.41, 5.74) is 4.93. The standard InChI is InChI=1S/C12H20N4O5/c13-9(17)4-3-8(11(19)20)15-12(21)14-7-10(18)16-5-1-2-6-16/h8H,1-7H2,(H2,13,17)(H,19,20)(H2,14,15,21). The molecule has 118 valence electrons. The van der Waals surface area contributed by atoms with Gasteiger partial charge in [0.05, 0.1) is 6.54 Å². The fourth-order valence-corrected chi connectivity index (χ4v) is 1.99. The number of primary amides is 1. The molecule has 1 aliphatic rings. The summed E-state index contributed by atoms with van der Waals surface area (Å²) in [4.78, 5) is 46.4. The van der Waals surface area contributed by atoms with E-state index in [9.17, 15) is 19.2 Å². The molecular weight excluding hydrogens is 280 g/mol. The third-order valence-corrected chi connectivity index (χ3v) is 3.14. The molecule has 0 aliphatic carbocycles. The van der Waals surface area contributed by atoms with Gasteiger partial charge in [-0.2, -0.15) is 0 Å². The summed E-state index contributed by atoms with van der Waals surface area (Å²) in [5, 5.41) is 13.4. The fraction of sp³-hybridized carbons (Fsp3) is 0.667. The number of nitrogens with two attached hydrogens (primary N) is 1. The van der Waals surface area contributed by atoms with E-state index >= 15 is 0 Å². The van der Waals surface area contributed by atoms with Crippen molar-refractivity contribution in [2.45, 2.75) is 31.7 Å². The van der Waals surface area contributed by atoms with Crippen LogP contribution in [0, 0.1) is 0 Å². The molecule has 1 unspecified atom stereocenters. The molecule has 9 heteroatoms. The number of amides is 4. The molecule has 21 heavy (non-hydrogen) atoms. The molecule has 0 aromatic heterocycles. The normalized spacial score (nSPS) is 15.3. The number of rotatable bonds is 7. The fourth-order valence-electron chi connectivity index (χ4n) is 1.99. The van der Waals surface area contributed by atoms with E-state index < -0.39 is 23.9 Å². The lowest BCUT2D eigenvalue weighted by Gasteiger charge is -2.17. The highest BCUT2D eigenvalue weighted by Crippen LogP contribution is 2.06. The van der Waals surface area contributed by atoms with Gasteiger partial charge in [-0.1, -0.05) is 0 Å². The summed E-state index contributed by atoms with van der Waals surface area (Å²) in [7, 11) is 0. The second kappa shape index (κ2) is 8.08. The van der Waals surface area contributed by atoms with Gasteiger partial charge in [0.1, 0.15) is 6.04 Å². The van der Waals surface area contributed by atoms with Gasteiger partial charge in [0.15, 0.2) is 0 Å². The van der Waals surface area contributed by atoms with E-state index in [4.69, 9.17) is 10.8 Å². The first-order valence-corrected chi connectivity index (χ1v) is 6.73. The zero-order valence-corrected chi connectivity index (χ0v) is 11.6. The molecular formula is C12H20N4O5. The quantitative estimate of drug-likeness (QED) is 0.459. The summed E-state index contributed by atoms with van der Waals surface area (Å²) in [6, 6.07) is -1.99. The van der Waals surface area contributed by atoms with Crippen LogP contribution in [0.15, 0.2) is 0 Å². The molecule has 1 fully saturated rings. The van der Waals surface area contributed by atoms with E-state index in [0.717, 1.165) is 12.8 Å². The van der Waals surface area contributed by atoms with Crippen molar-refractivity contribution in [3.05, 3.63) is 0 Å². The largest absolute Gasteiger partial charge is 0.480 e. The van der Waals surface area contributed by atoms with Crippen LogP contribution in [0.25, 0.3) is 0 Å². The van der Waals surface area contributed by atoms with E-state index in [0.29, 0.717) is 13.1 Å². The van der Waals surface area contributed by atoms with Gasteiger partial charge in [0, 0.05) is 19.5 Å². The Balaban J connectivity index is 2.33. The Kier molecular flexibility index (Phi) is 6.44. The summed E-state index contributed by atoms with van der Waals surface area (Å²) in [6.45, 7) is 1.17. The zero-order chi connectivity index (χ0) is 15.8. The lowest BCUT2D eigenvalue weighted by molar-refractivity contribution is -0.139. The molecule has 0 saturated carbocycles. The first-order valence-electron chi connectivity index (χ1n) is 6.73. The van der Waals surface area contributed by atoms with E-state index in [1.807, 2.05) is 0 Å². The Morgan fingerprint density at radius 1 is 1.19 bits per heavy atom. The van der Waals surface area contributed by atoms with Crippen LogP contribution in [-0.4, -0.2) is 59.5 Å². The van der Waals surface area contributed by atoms with Crippen LogP contribution in [0.3, 0.4) is 0 Å². The minimum Gasteiger partial charge on any atom is -0.480 e. The van der Waals surface area contributed by atoms with E-state index in [1.165, 1.54) is 0 Å². The molecule has 1 heterocycles. The lowest BCUT2D eigenvalue weighted by Crippen LogP contribution is -2.48. The van der Waals surface area contributed by atoms with Gasteiger partial charge < -0.3 is 26.4 Å². The van der Waals surface area contributed by atoms with Crippen molar-refractivity contribution in [1.29, 1.82) is 0 Å². The number of nitrogens with zero attached hydrogens (tertiary/aromatic N) is 1. The van der Waals surface area contributed by atoms with E-state index in [2.05, 4.69) is 10.6 Å². The number of hydrogen-bond acceptors (Lipinski definition) is 4. The SMILES string of the molecule is NC(=O)CCC(NC(=O)NCC(=O)N1CCCC1)C(=O)O. The highest BCUT2D eigenvalue weighted by Gasteiger charge is 2.22. The third kappa shape index (κ3) is 6.11. The Hall–Kier alpha value is -2.32. The molecule has 5 N–H and O–H groups in total. The number of carboxylic acids is 1. The van der Waals surface area contributed by atoms with Crippen LogP contribution in [0.1, 0.15) is 25.7 Å². The summed E-state index contributed by atoms with van der Waals surface area (Å²) < 4.78 is 0. The average Bonchev–Trinajstić information content (AvgIpc) is 2.94. The zero-order valence-electron chi connectivity index (χ0n) is 11.6. The average molecular weight is 300 g/mol. The van der Waals surface area contributed by atoms with Gasteiger partial charge in [-0.15, -0.1) is 0 Å². The third-order valence-electron chi connectivity index (χ3n) is 3.14. The molecule has 1 saturated heterocycles. The molecule has 0 bridgehead atoms. The van der Waals surface area contributed by atoms with Crippen molar-refractivity contribution < 1.29 is 24.3 Å². The smallest absolute Gasteiger partial charge is 0.326 e. The van der Waals surface area contributed by atoms with E-state index in [-0.39, 0.29) is 25.3 Å². The maximum absolute atomic E-state index is 11.7. The van der Waals surface area contributed by atoms with Crippen LogP contribution in [0.5, 0.6) is 0 Å². The second-order valence-corrected chi connectivity index (χ2v) is 4.81. The molecule has 0 radical (unpaired) electrons. The molecule has 0 aromatic rings. The van der Waals surface area contributed by atoms with Gasteiger partial charge in [0.25, 0.3) is 0 Å². The van der Waals surface area contributed by atoms with Crippen molar-refractivity contribution in [2.75, 3.05) is 19.6 Å². The lowest BCUT2D eigenvalue weighted by atomic mass is 10.1. The Labute approximate surface area is 121 Å². The second-order valence-electron chi connectivity index (χ2n) is 4.81. The maximum atomic E-state index is 11.7. The predicted octanol–water partition coefficient (Wildman–Crippen LogP) is -1.37. The van der Waals surface area contributed by atoms with Gasteiger partial charge in [-0.05, 0) is 19.3 Å². The number of nitrogens with one attached hydrogen (secondary N) is 2. The Bertz CT molecular complexity index is 420. The van der Waals surface area contributed by atoms with Crippen LogP contribution >= 0.6 is 0 Å². The van der Waals surface area contributed by atoms with Crippen molar-refractivity contribution >= 4 is 23.8 Å². The monoisotopic (exact) mass is 300 g/mol. The number of carbonyl (C=O) groups excluding carboxylic acids is 3. The van der Waals surface area contributed by atoms with Gasteiger partial charge in [0.2, 0.25) is 11.8 Å². The van der Waals surface area contributed by atoms with Gasteiger partial charge >= 0.3 is 12.0 Å². The minimum absolute atomic E-state index is 0.0990.